The summed E-state index contributed by atoms with van der Waals surface area (Å²) in [6.07, 6.45) is 0.750. The Morgan fingerprint density at radius 2 is 1.47 bits per heavy atom. The number of hydrogen-bond donors (Lipinski definition) is 1. The highest BCUT2D eigenvalue weighted by Crippen LogP contribution is 2.47. The molecule has 3 heteroatoms. The van der Waals surface area contributed by atoms with Crippen molar-refractivity contribution in [2.24, 2.45) is 22.1 Å². The second-order valence-electron chi connectivity index (χ2n) is 6.72. The van der Waals surface area contributed by atoms with E-state index in [0.717, 1.165) is 6.42 Å². The van der Waals surface area contributed by atoms with Gasteiger partial charge in [-0.25, -0.2) is 4.79 Å². The molecule has 0 bridgehead atoms. The van der Waals surface area contributed by atoms with Crippen molar-refractivity contribution in [1.29, 1.82) is 0 Å². The number of hydrogen-bond acceptors (Lipinski definition) is 3. The maximum Gasteiger partial charge on any atom is 0.330 e. The normalized spacial score (nSPS) is 17.1. The largest absolute Gasteiger partial charge is 0.373 e. The molecule has 0 aromatic carbocycles. The molecule has 0 rings (SSSR count). The van der Waals surface area contributed by atoms with Crippen molar-refractivity contribution in [1.82, 2.24) is 0 Å². The zero-order valence-electron chi connectivity index (χ0n) is 11.1. The van der Waals surface area contributed by atoms with Crippen LogP contribution in [0.2, 0.25) is 0 Å². The molecule has 0 saturated carbocycles. The summed E-state index contributed by atoms with van der Waals surface area (Å²) in [6.45, 7) is 14.4. The summed E-state index contributed by atoms with van der Waals surface area (Å²) in [4.78, 5) is 16.3. The van der Waals surface area contributed by atoms with Crippen LogP contribution in [0.25, 0.3) is 0 Å². The maximum absolute atomic E-state index is 11.8. The number of carbonyl (C=O) groups excluding carboxylic acids is 1. The Bertz CT molecular complexity index is 235. The number of nitrogens with two attached hydrogens (primary N) is 1. The van der Waals surface area contributed by atoms with E-state index in [4.69, 9.17) is 5.90 Å². The molecular weight excluding hydrogens is 190 g/mol. The van der Waals surface area contributed by atoms with Gasteiger partial charge in [-0.2, -0.15) is 5.90 Å². The lowest BCUT2D eigenvalue weighted by atomic mass is 9.61. The SMILES string of the molecule is CC(C)(C)CC(C)(C(=O)ON)C(C)(C)C. The Morgan fingerprint density at radius 1 is 1.07 bits per heavy atom. The van der Waals surface area contributed by atoms with E-state index in [9.17, 15) is 4.79 Å². The molecule has 0 saturated heterocycles. The summed E-state index contributed by atoms with van der Waals surface area (Å²) in [5.41, 5.74) is -0.660. The van der Waals surface area contributed by atoms with Crippen molar-refractivity contribution >= 4 is 5.97 Å². The summed E-state index contributed by atoms with van der Waals surface area (Å²) >= 11 is 0. The lowest BCUT2D eigenvalue weighted by Gasteiger charge is -2.42. The van der Waals surface area contributed by atoms with Crippen LogP contribution in [0.3, 0.4) is 0 Å². The third-order valence-corrected chi connectivity index (χ3v) is 3.10. The van der Waals surface area contributed by atoms with Gasteiger partial charge in [-0.05, 0) is 24.2 Å². The van der Waals surface area contributed by atoms with Gasteiger partial charge in [-0.3, -0.25) is 0 Å². The fraction of sp³-hybridized carbons (Fsp3) is 0.917. The van der Waals surface area contributed by atoms with Gasteiger partial charge in [-0.15, -0.1) is 0 Å². The summed E-state index contributed by atoms with van der Waals surface area (Å²) in [6, 6.07) is 0. The van der Waals surface area contributed by atoms with E-state index in [2.05, 4.69) is 25.6 Å². The monoisotopic (exact) mass is 215 g/mol. The molecule has 2 N–H and O–H groups in total. The minimum atomic E-state index is -0.556. The molecule has 1 atom stereocenters. The molecule has 0 aliphatic carbocycles. The third-order valence-electron chi connectivity index (χ3n) is 3.10. The minimum absolute atomic E-state index is 0.0657. The standard InChI is InChI=1S/C12H25NO2/c1-10(2,3)8-12(7,9(14)15-13)11(4,5)6/h8,13H2,1-7H3. The van der Waals surface area contributed by atoms with Gasteiger partial charge in [-0.1, -0.05) is 41.5 Å². The lowest BCUT2D eigenvalue weighted by Crippen LogP contribution is -2.45. The maximum atomic E-state index is 11.8. The molecule has 0 aromatic heterocycles. The van der Waals surface area contributed by atoms with Gasteiger partial charge >= 0.3 is 5.97 Å². The van der Waals surface area contributed by atoms with Gasteiger partial charge in [0.1, 0.15) is 0 Å². The predicted octanol–water partition coefficient (Wildman–Crippen LogP) is 2.89. The molecule has 0 aromatic rings. The first-order valence-corrected chi connectivity index (χ1v) is 5.35. The number of carbonyl (C=O) groups is 1. The highest BCUT2D eigenvalue weighted by Gasteiger charge is 2.47. The third kappa shape index (κ3) is 3.49. The average Bonchev–Trinajstić information content (AvgIpc) is 1.97. The Hall–Kier alpha value is -0.570. The molecule has 0 aliphatic heterocycles. The van der Waals surface area contributed by atoms with Crippen molar-refractivity contribution in [3.8, 4) is 0 Å². The molecular formula is C12H25NO2. The first-order valence-electron chi connectivity index (χ1n) is 5.35. The molecule has 0 radical (unpaired) electrons. The lowest BCUT2D eigenvalue weighted by molar-refractivity contribution is -0.165. The Kier molecular flexibility index (Phi) is 3.97. The van der Waals surface area contributed by atoms with E-state index < -0.39 is 5.41 Å². The Labute approximate surface area is 93.3 Å². The van der Waals surface area contributed by atoms with Crippen LogP contribution in [0.15, 0.2) is 0 Å². The first-order chi connectivity index (χ1) is 6.44. The second-order valence-corrected chi connectivity index (χ2v) is 6.72. The van der Waals surface area contributed by atoms with Crippen LogP contribution < -0.4 is 5.90 Å². The van der Waals surface area contributed by atoms with E-state index >= 15 is 0 Å². The minimum Gasteiger partial charge on any atom is -0.373 e. The van der Waals surface area contributed by atoms with Crippen LogP contribution in [0.5, 0.6) is 0 Å². The van der Waals surface area contributed by atoms with Crippen molar-refractivity contribution in [2.75, 3.05) is 0 Å². The van der Waals surface area contributed by atoms with Crippen molar-refractivity contribution < 1.29 is 9.63 Å². The molecule has 0 fully saturated rings. The zero-order chi connectivity index (χ0) is 12.5. The fourth-order valence-electron chi connectivity index (χ4n) is 1.83. The van der Waals surface area contributed by atoms with E-state index in [1.807, 2.05) is 27.7 Å². The topological polar surface area (TPSA) is 52.3 Å². The van der Waals surface area contributed by atoms with Crippen LogP contribution in [0.1, 0.15) is 54.9 Å². The molecule has 0 amide bonds. The summed E-state index contributed by atoms with van der Waals surface area (Å²) in [5.74, 6) is 4.70. The quantitative estimate of drug-likeness (QED) is 0.721. The molecule has 0 heterocycles. The average molecular weight is 215 g/mol. The van der Waals surface area contributed by atoms with Gasteiger partial charge in [0.25, 0.3) is 0 Å². The molecule has 90 valence electrons. The molecule has 1 unspecified atom stereocenters. The van der Waals surface area contributed by atoms with Crippen molar-refractivity contribution in [3.05, 3.63) is 0 Å². The Balaban J connectivity index is 5.14. The van der Waals surface area contributed by atoms with Crippen LogP contribution >= 0.6 is 0 Å². The summed E-state index contributed by atoms with van der Waals surface area (Å²) < 4.78 is 0. The second kappa shape index (κ2) is 4.12. The summed E-state index contributed by atoms with van der Waals surface area (Å²) in [5, 5.41) is 0. The molecule has 0 aliphatic rings. The van der Waals surface area contributed by atoms with Crippen LogP contribution in [-0.4, -0.2) is 5.97 Å². The van der Waals surface area contributed by atoms with Gasteiger partial charge in [0, 0.05) is 0 Å². The van der Waals surface area contributed by atoms with Crippen LogP contribution in [0, 0.1) is 16.2 Å². The molecule has 0 spiro atoms. The van der Waals surface area contributed by atoms with E-state index in [1.54, 1.807) is 0 Å². The highest BCUT2D eigenvalue weighted by molar-refractivity contribution is 5.77. The van der Waals surface area contributed by atoms with Crippen molar-refractivity contribution in [2.45, 2.75) is 54.9 Å². The van der Waals surface area contributed by atoms with Gasteiger partial charge in [0.05, 0.1) is 5.41 Å². The Morgan fingerprint density at radius 3 is 1.67 bits per heavy atom. The zero-order valence-corrected chi connectivity index (χ0v) is 11.1. The van der Waals surface area contributed by atoms with Gasteiger partial charge in [0.15, 0.2) is 0 Å². The first kappa shape index (κ1) is 14.4. The van der Waals surface area contributed by atoms with Crippen molar-refractivity contribution in [3.63, 3.8) is 0 Å². The summed E-state index contributed by atoms with van der Waals surface area (Å²) in [7, 11) is 0. The predicted molar refractivity (Wildman–Crippen MR) is 61.9 cm³/mol. The van der Waals surface area contributed by atoms with Gasteiger partial charge in [0.2, 0.25) is 0 Å². The molecule has 15 heavy (non-hydrogen) atoms. The highest BCUT2D eigenvalue weighted by atomic mass is 16.7. The van der Waals surface area contributed by atoms with Crippen LogP contribution in [0.4, 0.5) is 0 Å². The van der Waals surface area contributed by atoms with E-state index in [0.29, 0.717) is 0 Å². The van der Waals surface area contributed by atoms with E-state index in [1.165, 1.54) is 0 Å². The molecule has 3 nitrogen and oxygen atoms in total. The van der Waals surface area contributed by atoms with E-state index in [-0.39, 0.29) is 16.8 Å². The fourth-order valence-corrected chi connectivity index (χ4v) is 1.83. The van der Waals surface area contributed by atoms with Gasteiger partial charge < -0.3 is 4.84 Å². The van der Waals surface area contributed by atoms with Crippen LogP contribution in [-0.2, 0) is 9.63 Å². The number of rotatable bonds is 2. The smallest absolute Gasteiger partial charge is 0.330 e.